The molecule has 110 valence electrons. The number of nitrogens with one attached hydrogen (secondary N) is 1. The highest BCUT2D eigenvalue weighted by Crippen LogP contribution is 2.25. The fourth-order valence-electron chi connectivity index (χ4n) is 2.51. The number of fused-ring (bicyclic) bond motifs is 4. The summed E-state index contributed by atoms with van der Waals surface area (Å²) in [6, 6.07) is 14.0. The van der Waals surface area contributed by atoms with Gasteiger partial charge in [-0.2, -0.15) is 4.98 Å². The van der Waals surface area contributed by atoms with Gasteiger partial charge >= 0.3 is 0 Å². The smallest absolute Gasteiger partial charge is 0.282 e. The number of hydrogen-bond acceptors (Lipinski definition) is 8. The molecular formula is C13H8N10. The third-order valence-electron chi connectivity index (χ3n) is 3.54. The van der Waals surface area contributed by atoms with Crippen LogP contribution < -0.4 is 5.32 Å². The zero-order valence-electron chi connectivity index (χ0n) is 11.6. The van der Waals surface area contributed by atoms with Crippen LogP contribution in [0.3, 0.4) is 0 Å². The molecule has 0 bridgehead atoms. The van der Waals surface area contributed by atoms with Crippen LogP contribution in [-0.4, -0.2) is 45.1 Å². The fourth-order valence-corrected chi connectivity index (χ4v) is 2.51. The van der Waals surface area contributed by atoms with Gasteiger partial charge in [-0.15, -0.1) is 9.03 Å². The topological polar surface area (TPSA) is 111 Å². The van der Waals surface area contributed by atoms with Crippen LogP contribution in [0.5, 0.6) is 0 Å². The van der Waals surface area contributed by atoms with E-state index in [0.29, 0.717) is 17.5 Å². The summed E-state index contributed by atoms with van der Waals surface area (Å²) < 4.78 is 2.82. The lowest BCUT2D eigenvalue weighted by atomic mass is 10.1. The molecule has 0 amide bonds. The lowest BCUT2D eigenvalue weighted by molar-refractivity contribution is 0.789. The molecule has 0 spiro atoms. The van der Waals surface area contributed by atoms with Crippen molar-refractivity contribution >= 4 is 34.0 Å². The van der Waals surface area contributed by atoms with Crippen LogP contribution in [0.15, 0.2) is 42.5 Å². The Hall–Kier alpha value is -3.69. The van der Waals surface area contributed by atoms with Crippen molar-refractivity contribution in [1.82, 2.24) is 45.1 Å². The van der Waals surface area contributed by atoms with E-state index in [1.165, 1.54) is 9.03 Å². The van der Waals surface area contributed by atoms with Crippen molar-refractivity contribution in [2.75, 3.05) is 5.32 Å². The summed E-state index contributed by atoms with van der Waals surface area (Å²) in [5.41, 5.74) is 0.893. The van der Waals surface area contributed by atoms with Gasteiger partial charge in [-0.3, -0.25) is 0 Å². The van der Waals surface area contributed by atoms with Gasteiger partial charge in [0.1, 0.15) is 0 Å². The van der Waals surface area contributed by atoms with Gasteiger partial charge in [-0.05, 0) is 32.3 Å². The van der Waals surface area contributed by atoms with Crippen molar-refractivity contribution in [2.45, 2.75) is 0 Å². The second-order valence-electron chi connectivity index (χ2n) is 4.87. The predicted octanol–water partition coefficient (Wildman–Crippen LogP) is 0.854. The second-order valence-corrected chi connectivity index (χ2v) is 4.87. The van der Waals surface area contributed by atoms with Gasteiger partial charge in [0.05, 0.1) is 0 Å². The highest BCUT2D eigenvalue weighted by Gasteiger charge is 2.14. The molecule has 3 aromatic heterocycles. The Bertz CT molecular complexity index is 1150. The molecular weight excluding hydrogens is 296 g/mol. The Labute approximate surface area is 127 Å². The summed E-state index contributed by atoms with van der Waals surface area (Å²) in [6.07, 6.45) is 0. The molecule has 0 aliphatic carbocycles. The molecule has 0 aliphatic rings. The maximum Gasteiger partial charge on any atom is 0.282 e. The van der Waals surface area contributed by atoms with Crippen molar-refractivity contribution in [1.29, 1.82) is 0 Å². The van der Waals surface area contributed by atoms with Gasteiger partial charge in [0.2, 0.25) is 5.95 Å². The molecule has 0 atom stereocenters. The second kappa shape index (κ2) is 4.40. The largest absolute Gasteiger partial charge is 0.323 e. The SMILES string of the molecule is c1ccc2c(Nc3nc4nnnn4c4nnnn34)cccc2c1. The third-order valence-corrected chi connectivity index (χ3v) is 3.54. The van der Waals surface area contributed by atoms with Crippen molar-refractivity contribution in [3.05, 3.63) is 42.5 Å². The van der Waals surface area contributed by atoms with E-state index in [9.17, 15) is 0 Å². The van der Waals surface area contributed by atoms with E-state index in [-0.39, 0.29) is 0 Å². The fraction of sp³-hybridized carbons (Fsp3) is 0. The lowest BCUT2D eigenvalue weighted by Gasteiger charge is -2.09. The molecule has 0 fully saturated rings. The lowest BCUT2D eigenvalue weighted by Crippen LogP contribution is -2.08. The first-order chi connectivity index (χ1) is 11.4. The summed E-state index contributed by atoms with van der Waals surface area (Å²) in [5, 5.41) is 28.2. The average molecular weight is 304 g/mol. The van der Waals surface area contributed by atoms with Gasteiger partial charge in [0.15, 0.2) is 0 Å². The Balaban J connectivity index is 1.74. The Morgan fingerprint density at radius 1 is 0.826 bits per heavy atom. The first-order valence-corrected chi connectivity index (χ1v) is 6.81. The third kappa shape index (κ3) is 1.71. The molecule has 0 unspecified atom stereocenters. The van der Waals surface area contributed by atoms with E-state index in [1.54, 1.807) is 0 Å². The number of nitrogens with zero attached hydrogens (tertiary/aromatic N) is 9. The number of benzene rings is 2. The van der Waals surface area contributed by atoms with E-state index >= 15 is 0 Å². The zero-order valence-corrected chi connectivity index (χ0v) is 11.6. The maximum absolute atomic E-state index is 4.37. The molecule has 0 radical (unpaired) electrons. The molecule has 1 N–H and O–H groups in total. The zero-order chi connectivity index (χ0) is 15.2. The van der Waals surface area contributed by atoms with Gasteiger partial charge in [0.25, 0.3) is 11.6 Å². The summed E-state index contributed by atoms with van der Waals surface area (Å²) in [4.78, 5) is 4.37. The summed E-state index contributed by atoms with van der Waals surface area (Å²) in [7, 11) is 0. The predicted molar refractivity (Wildman–Crippen MR) is 80.1 cm³/mol. The first kappa shape index (κ1) is 11.9. The van der Waals surface area contributed by atoms with Gasteiger partial charge in [-0.1, -0.05) is 46.6 Å². The Kier molecular flexibility index (Phi) is 2.28. The van der Waals surface area contributed by atoms with Crippen molar-refractivity contribution in [2.24, 2.45) is 0 Å². The minimum absolute atomic E-state index is 0.315. The van der Waals surface area contributed by atoms with E-state index < -0.39 is 0 Å². The van der Waals surface area contributed by atoms with Crippen LogP contribution in [0.4, 0.5) is 11.6 Å². The van der Waals surface area contributed by atoms with Crippen LogP contribution in [0.1, 0.15) is 0 Å². The highest BCUT2D eigenvalue weighted by molar-refractivity contribution is 5.94. The Morgan fingerprint density at radius 3 is 2.65 bits per heavy atom. The normalized spacial score (nSPS) is 11.5. The number of aromatic nitrogens is 9. The molecule has 2 aromatic carbocycles. The molecule has 0 aliphatic heterocycles. The molecule has 10 heteroatoms. The number of anilines is 2. The summed E-state index contributed by atoms with van der Waals surface area (Å²) in [5.74, 6) is 1.13. The number of tetrazole rings is 2. The van der Waals surface area contributed by atoms with E-state index in [2.05, 4.69) is 41.4 Å². The monoisotopic (exact) mass is 304 g/mol. The van der Waals surface area contributed by atoms with Crippen LogP contribution in [0.25, 0.3) is 22.3 Å². The quantitative estimate of drug-likeness (QED) is 0.511. The van der Waals surface area contributed by atoms with Crippen molar-refractivity contribution in [3.8, 4) is 0 Å². The maximum atomic E-state index is 4.37. The molecule has 5 aromatic rings. The van der Waals surface area contributed by atoms with Gasteiger partial charge in [0, 0.05) is 11.1 Å². The number of hydrogen-bond donors (Lipinski definition) is 1. The molecule has 0 saturated heterocycles. The van der Waals surface area contributed by atoms with Gasteiger partial charge in [-0.25, -0.2) is 0 Å². The molecule has 23 heavy (non-hydrogen) atoms. The molecule has 10 nitrogen and oxygen atoms in total. The highest BCUT2D eigenvalue weighted by atomic mass is 15.6. The first-order valence-electron chi connectivity index (χ1n) is 6.81. The molecule has 5 rings (SSSR count). The number of rotatable bonds is 2. The van der Waals surface area contributed by atoms with Crippen LogP contribution in [0, 0.1) is 0 Å². The van der Waals surface area contributed by atoms with Gasteiger partial charge < -0.3 is 5.32 Å². The van der Waals surface area contributed by atoms with Crippen LogP contribution >= 0.6 is 0 Å². The van der Waals surface area contributed by atoms with E-state index in [4.69, 9.17) is 0 Å². The van der Waals surface area contributed by atoms with Crippen LogP contribution in [0.2, 0.25) is 0 Å². The molecule has 3 heterocycles. The van der Waals surface area contributed by atoms with Crippen molar-refractivity contribution < 1.29 is 0 Å². The molecule has 0 saturated carbocycles. The van der Waals surface area contributed by atoms with E-state index in [1.807, 2.05) is 42.5 Å². The Morgan fingerprint density at radius 2 is 1.65 bits per heavy atom. The van der Waals surface area contributed by atoms with Crippen LogP contribution in [-0.2, 0) is 0 Å². The average Bonchev–Trinajstić information content (AvgIpc) is 3.23. The summed E-state index contributed by atoms with van der Waals surface area (Å²) >= 11 is 0. The van der Waals surface area contributed by atoms with E-state index in [0.717, 1.165) is 16.5 Å². The minimum Gasteiger partial charge on any atom is -0.323 e. The summed E-state index contributed by atoms with van der Waals surface area (Å²) in [6.45, 7) is 0. The minimum atomic E-state index is 0.315. The van der Waals surface area contributed by atoms with Crippen molar-refractivity contribution in [3.63, 3.8) is 0 Å². The standard InChI is InChI=1S/C13H8N10/c1-2-6-9-8(4-1)5-3-7-10(9)14-11-15-12-16-18-20-23(12)13-17-19-21-22(11)13/h1-7H,(H,14,15,16,20).